The van der Waals surface area contributed by atoms with Crippen LogP contribution in [0.25, 0.3) is 0 Å². The van der Waals surface area contributed by atoms with Crippen LogP contribution in [0.4, 0.5) is 0 Å². The summed E-state index contributed by atoms with van der Waals surface area (Å²) >= 11 is 0. The average Bonchev–Trinajstić information content (AvgIpc) is 2.85. The van der Waals surface area contributed by atoms with Crippen LogP contribution < -0.4 is 0 Å². The quantitative estimate of drug-likeness (QED) is 0.487. The second-order valence-corrected chi connectivity index (χ2v) is 9.77. The molecule has 27 heavy (non-hydrogen) atoms. The lowest BCUT2D eigenvalue weighted by molar-refractivity contribution is -0.261. The summed E-state index contributed by atoms with van der Waals surface area (Å²) in [6.45, 7) is 1.84. The molecule has 0 aromatic rings. The molecule has 0 bridgehead atoms. The number of aliphatic carboxylic acids is 2. The van der Waals surface area contributed by atoms with Gasteiger partial charge in [-0.15, -0.1) is 0 Å². The van der Waals surface area contributed by atoms with Crippen LogP contribution in [0, 0.1) is 28.6 Å². The molecule has 4 rings (SSSR count). The van der Waals surface area contributed by atoms with Crippen LogP contribution in [-0.4, -0.2) is 54.8 Å². The number of hydrogen-bond donors (Lipinski definition) is 5. The number of rotatable bonds is 2. The first kappa shape index (κ1) is 19.2. The van der Waals surface area contributed by atoms with Gasteiger partial charge in [-0.1, -0.05) is 6.92 Å². The summed E-state index contributed by atoms with van der Waals surface area (Å²) < 4.78 is 0. The number of aliphatic hydroxyl groups excluding tert-OH is 1. The molecule has 8 atom stereocenters. The van der Waals surface area contributed by atoms with Gasteiger partial charge >= 0.3 is 11.9 Å². The minimum absolute atomic E-state index is 0.0516. The molecule has 0 unspecified atom stereocenters. The van der Waals surface area contributed by atoms with Gasteiger partial charge < -0.3 is 25.5 Å². The standard InChI is InChI=1S/C20H30O7/c1-17-6-3-12-13(20(17,27)9-5-14(17)15(22)23)4-7-18(26)10-11(21)2-8-19(12,18)16(24)25/h11-14,21,26-27H,2-10H2,1H3,(H,22,23)(H,24,25)/t11-,12+,13-,14-,17+,18+,19+,20-/m0/s1. The molecule has 5 N–H and O–H groups in total. The van der Waals surface area contributed by atoms with Crippen LogP contribution in [0.3, 0.4) is 0 Å². The Bertz CT molecular complexity index is 679. The van der Waals surface area contributed by atoms with E-state index in [0.29, 0.717) is 38.5 Å². The third-order valence-electron chi connectivity index (χ3n) is 9.10. The van der Waals surface area contributed by atoms with Gasteiger partial charge in [0.1, 0.15) is 0 Å². The van der Waals surface area contributed by atoms with Crippen LogP contribution in [0.1, 0.15) is 64.7 Å². The summed E-state index contributed by atoms with van der Waals surface area (Å²) in [7, 11) is 0. The molecule has 7 heteroatoms. The van der Waals surface area contributed by atoms with Gasteiger partial charge in [-0.3, -0.25) is 9.59 Å². The van der Waals surface area contributed by atoms with E-state index in [2.05, 4.69) is 0 Å². The van der Waals surface area contributed by atoms with Gasteiger partial charge in [0, 0.05) is 11.8 Å². The Labute approximate surface area is 158 Å². The van der Waals surface area contributed by atoms with E-state index in [9.17, 15) is 35.1 Å². The topological polar surface area (TPSA) is 135 Å². The zero-order chi connectivity index (χ0) is 19.8. The van der Waals surface area contributed by atoms with Gasteiger partial charge in [0.2, 0.25) is 0 Å². The molecule has 152 valence electrons. The number of hydrogen-bond acceptors (Lipinski definition) is 5. The van der Waals surface area contributed by atoms with Gasteiger partial charge in [0.05, 0.1) is 28.6 Å². The van der Waals surface area contributed by atoms with Crippen molar-refractivity contribution in [3.63, 3.8) is 0 Å². The normalized spacial score (nSPS) is 54.5. The van der Waals surface area contributed by atoms with Crippen molar-refractivity contribution in [2.45, 2.75) is 82.0 Å². The van der Waals surface area contributed by atoms with Crippen LogP contribution in [0.5, 0.6) is 0 Å². The average molecular weight is 382 g/mol. The minimum Gasteiger partial charge on any atom is -0.481 e. The molecule has 0 spiro atoms. The maximum absolute atomic E-state index is 12.5. The summed E-state index contributed by atoms with van der Waals surface area (Å²) in [4.78, 5) is 24.3. The fourth-order valence-electron chi connectivity index (χ4n) is 7.70. The van der Waals surface area contributed by atoms with Crippen molar-refractivity contribution < 1.29 is 35.1 Å². The molecule has 0 heterocycles. The van der Waals surface area contributed by atoms with E-state index in [1.807, 2.05) is 6.92 Å². The molecular formula is C20H30O7. The molecule has 4 aliphatic rings. The van der Waals surface area contributed by atoms with Crippen LogP contribution >= 0.6 is 0 Å². The fourth-order valence-corrected chi connectivity index (χ4v) is 7.70. The highest BCUT2D eigenvalue weighted by Gasteiger charge is 2.73. The van der Waals surface area contributed by atoms with Crippen LogP contribution in [-0.2, 0) is 9.59 Å². The van der Waals surface area contributed by atoms with Crippen molar-refractivity contribution in [1.29, 1.82) is 0 Å². The summed E-state index contributed by atoms with van der Waals surface area (Å²) in [5, 5.41) is 53.0. The lowest BCUT2D eigenvalue weighted by Crippen LogP contribution is -2.70. The maximum Gasteiger partial charge on any atom is 0.312 e. The summed E-state index contributed by atoms with van der Waals surface area (Å²) in [6, 6.07) is 0. The molecule has 0 saturated heterocycles. The molecule has 7 nitrogen and oxygen atoms in total. The zero-order valence-electron chi connectivity index (χ0n) is 15.7. The molecular weight excluding hydrogens is 352 g/mol. The fraction of sp³-hybridized carbons (Fsp3) is 0.900. The number of carboxylic acid groups (broad SMARTS) is 2. The lowest BCUT2D eigenvalue weighted by atomic mass is 9.41. The lowest BCUT2D eigenvalue weighted by Gasteiger charge is -2.64. The van der Waals surface area contributed by atoms with Gasteiger partial charge in [0.15, 0.2) is 0 Å². The minimum atomic E-state index is -1.48. The summed E-state index contributed by atoms with van der Waals surface area (Å²) in [6.07, 6.45) is 2.21. The second-order valence-electron chi connectivity index (χ2n) is 9.77. The molecule has 0 amide bonds. The SMILES string of the molecule is C[C@]12CC[C@@H]3[C@H](CC[C@@]4(O)C[C@@H](O)CC[C@]34C(=O)O)[C@@]1(O)CC[C@H]2C(=O)O. The van der Waals surface area contributed by atoms with Crippen molar-refractivity contribution in [3.8, 4) is 0 Å². The van der Waals surface area contributed by atoms with E-state index in [-0.39, 0.29) is 25.2 Å². The Morgan fingerprint density at radius 3 is 2.19 bits per heavy atom. The van der Waals surface area contributed by atoms with E-state index in [1.54, 1.807) is 0 Å². The van der Waals surface area contributed by atoms with E-state index in [4.69, 9.17) is 0 Å². The third kappa shape index (κ3) is 2.13. The Morgan fingerprint density at radius 1 is 0.889 bits per heavy atom. The molecule has 4 fully saturated rings. The van der Waals surface area contributed by atoms with E-state index in [1.165, 1.54) is 0 Å². The first-order valence-corrected chi connectivity index (χ1v) is 10.1. The molecule has 4 aliphatic carbocycles. The molecule has 4 saturated carbocycles. The predicted octanol–water partition coefficient (Wildman–Crippen LogP) is 1.39. The number of carbonyl (C=O) groups is 2. The monoisotopic (exact) mass is 382 g/mol. The third-order valence-corrected chi connectivity index (χ3v) is 9.10. The Kier molecular flexibility index (Phi) is 4.02. The van der Waals surface area contributed by atoms with Gasteiger partial charge in [-0.05, 0) is 63.2 Å². The smallest absolute Gasteiger partial charge is 0.312 e. The molecule has 0 radical (unpaired) electrons. The van der Waals surface area contributed by atoms with Crippen LogP contribution in [0.15, 0.2) is 0 Å². The van der Waals surface area contributed by atoms with Gasteiger partial charge in [0.25, 0.3) is 0 Å². The number of aliphatic hydroxyl groups is 3. The highest BCUT2D eigenvalue weighted by molar-refractivity contribution is 5.78. The van der Waals surface area contributed by atoms with Crippen LogP contribution in [0.2, 0.25) is 0 Å². The Balaban J connectivity index is 1.78. The number of fused-ring (bicyclic) bond motifs is 5. The maximum atomic E-state index is 12.5. The Morgan fingerprint density at radius 2 is 1.56 bits per heavy atom. The van der Waals surface area contributed by atoms with E-state index < -0.39 is 51.9 Å². The first-order chi connectivity index (χ1) is 12.5. The van der Waals surface area contributed by atoms with Crippen molar-refractivity contribution in [2.75, 3.05) is 0 Å². The van der Waals surface area contributed by atoms with Crippen molar-refractivity contribution in [2.24, 2.45) is 28.6 Å². The Hall–Kier alpha value is -1.18. The zero-order valence-corrected chi connectivity index (χ0v) is 15.7. The summed E-state index contributed by atoms with van der Waals surface area (Å²) in [5.74, 6) is -3.32. The molecule has 0 aromatic heterocycles. The number of carboxylic acids is 2. The van der Waals surface area contributed by atoms with Crippen molar-refractivity contribution >= 4 is 11.9 Å². The highest BCUT2D eigenvalue weighted by atomic mass is 16.4. The van der Waals surface area contributed by atoms with E-state index >= 15 is 0 Å². The van der Waals surface area contributed by atoms with Gasteiger partial charge in [-0.2, -0.15) is 0 Å². The second kappa shape index (κ2) is 5.67. The van der Waals surface area contributed by atoms with E-state index in [0.717, 1.165) is 0 Å². The molecule has 0 aliphatic heterocycles. The predicted molar refractivity (Wildman–Crippen MR) is 93.7 cm³/mol. The largest absolute Gasteiger partial charge is 0.481 e. The van der Waals surface area contributed by atoms with Gasteiger partial charge in [-0.25, -0.2) is 0 Å². The van der Waals surface area contributed by atoms with Crippen molar-refractivity contribution in [3.05, 3.63) is 0 Å². The summed E-state index contributed by atoms with van der Waals surface area (Å²) in [5.41, 5.74) is -4.86. The van der Waals surface area contributed by atoms with Crippen molar-refractivity contribution in [1.82, 2.24) is 0 Å². The highest BCUT2D eigenvalue weighted by Crippen LogP contribution is 2.69. The first-order valence-electron chi connectivity index (χ1n) is 10.1. The molecule has 0 aromatic carbocycles.